The minimum atomic E-state index is -3.75. The minimum Gasteiger partial charge on any atom is -0.488 e. The molecule has 2 aromatic carbocycles. The fraction of sp³-hybridized carbons (Fsp3) is 0.500. The van der Waals surface area contributed by atoms with Gasteiger partial charge >= 0.3 is 5.79 Å². The van der Waals surface area contributed by atoms with E-state index in [4.69, 9.17) is 9.47 Å². The van der Waals surface area contributed by atoms with Crippen LogP contribution in [-0.4, -0.2) is 98.4 Å². The van der Waals surface area contributed by atoms with E-state index in [9.17, 15) is 39.2 Å². The number of benzene rings is 2. The molecule has 1 atom stereocenters. The van der Waals surface area contributed by atoms with Crippen LogP contribution in [0, 0.1) is 5.82 Å². The molecule has 0 radical (unpaired) electrons. The van der Waals surface area contributed by atoms with Gasteiger partial charge in [0.05, 0.1) is 19.8 Å². The number of amides is 3. The first kappa shape index (κ1) is 35.7. The highest BCUT2D eigenvalue weighted by atomic mass is 19.1. The lowest BCUT2D eigenvalue weighted by molar-refractivity contribution is -0.355. The van der Waals surface area contributed by atoms with Crippen LogP contribution in [0.4, 0.5) is 4.39 Å². The Morgan fingerprint density at radius 3 is 2.19 bits per heavy atom. The number of hydrogen-bond donors (Lipinski definition) is 5. The van der Waals surface area contributed by atoms with Gasteiger partial charge in [-0.25, -0.2) is 4.39 Å². The van der Waals surface area contributed by atoms with Crippen molar-refractivity contribution in [3.63, 3.8) is 0 Å². The van der Waals surface area contributed by atoms with Crippen molar-refractivity contribution in [2.75, 3.05) is 32.8 Å². The molecular weight excluding hydrogens is 565 g/mol. The molecule has 1 unspecified atom stereocenters. The lowest BCUT2D eigenvalue weighted by atomic mass is 9.90. The average Bonchev–Trinajstić information content (AvgIpc) is 3.34. The fourth-order valence-corrected chi connectivity index (χ4v) is 4.52. The highest BCUT2D eigenvalue weighted by Crippen LogP contribution is 2.37. The van der Waals surface area contributed by atoms with Crippen molar-refractivity contribution in [2.45, 2.75) is 65.4 Å². The van der Waals surface area contributed by atoms with Crippen LogP contribution >= 0.6 is 0 Å². The van der Waals surface area contributed by atoms with Gasteiger partial charge in [-0.2, -0.15) is 0 Å². The monoisotopic (exact) mass is 607 g/mol. The van der Waals surface area contributed by atoms with Gasteiger partial charge in [-0.1, -0.05) is 58.9 Å². The van der Waals surface area contributed by atoms with Gasteiger partial charge in [0, 0.05) is 29.8 Å². The van der Waals surface area contributed by atoms with Gasteiger partial charge in [-0.3, -0.25) is 24.6 Å². The maximum absolute atomic E-state index is 13.8. The molecule has 2 aromatic rings. The number of imide groups is 1. The maximum Gasteiger partial charge on any atom is 0.303 e. The van der Waals surface area contributed by atoms with Crippen molar-refractivity contribution in [2.24, 2.45) is 0 Å². The van der Waals surface area contributed by atoms with E-state index in [1.54, 1.807) is 11.4 Å². The first-order valence-corrected chi connectivity index (χ1v) is 14.3. The lowest BCUT2D eigenvalue weighted by Crippen LogP contribution is -2.79. The lowest BCUT2D eigenvalue weighted by Gasteiger charge is -2.44. The zero-order valence-corrected chi connectivity index (χ0v) is 25.2. The molecule has 12 nitrogen and oxygen atoms in total. The quantitative estimate of drug-likeness (QED) is 0.245. The van der Waals surface area contributed by atoms with Gasteiger partial charge < -0.3 is 34.8 Å². The van der Waals surface area contributed by atoms with E-state index in [2.05, 4.69) is 11.8 Å². The molecule has 3 aliphatic rings. The maximum atomic E-state index is 13.8. The predicted molar refractivity (Wildman–Crippen MR) is 154 cm³/mol. The van der Waals surface area contributed by atoms with Gasteiger partial charge in [0.1, 0.15) is 18.2 Å². The van der Waals surface area contributed by atoms with Crippen molar-refractivity contribution in [3.8, 4) is 5.75 Å². The van der Waals surface area contributed by atoms with Crippen LogP contribution in [0.2, 0.25) is 0 Å². The zero-order chi connectivity index (χ0) is 32.4. The standard InChI is InChI=1S/C20H17FN2O8.C6H13NO.2C2H6/c21-13-6-2-1-4-10(13)9-31-14-7-3-5-11-12(14)8-23(17(11)25)15-16(24)22-18(26)20(29,30)19(15,27)28;1-2-7-3-5-8-6-4-7;2*1-2/h1-7,15,27-30H,8-9H2,(H,22,24,26);2-6H2,1H3;2*1-2H3. The molecule has 0 bridgehead atoms. The van der Waals surface area contributed by atoms with Crippen molar-refractivity contribution in [1.82, 2.24) is 15.1 Å². The molecule has 43 heavy (non-hydrogen) atoms. The molecule has 3 aliphatic heterocycles. The second kappa shape index (κ2) is 15.8. The molecule has 5 N–H and O–H groups in total. The Labute approximate surface area is 250 Å². The number of nitrogens with one attached hydrogen (secondary N) is 1. The molecular formula is C30H42FN3O9. The van der Waals surface area contributed by atoms with Crippen LogP contribution in [0.3, 0.4) is 0 Å². The smallest absolute Gasteiger partial charge is 0.303 e. The van der Waals surface area contributed by atoms with E-state index in [1.807, 2.05) is 27.7 Å². The van der Waals surface area contributed by atoms with Gasteiger partial charge in [-0.15, -0.1) is 0 Å². The van der Waals surface area contributed by atoms with Gasteiger partial charge in [0.2, 0.25) is 0 Å². The minimum absolute atomic E-state index is 0.0630. The predicted octanol–water partition coefficient (Wildman–Crippen LogP) is 1.14. The van der Waals surface area contributed by atoms with Crippen LogP contribution in [0.25, 0.3) is 0 Å². The van der Waals surface area contributed by atoms with Gasteiger partial charge in [0.15, 0.2) is 6.04 Å². The van der Waals surface area contributed by atoms with E-state index in [1.165, 1.54) is 42.9 Å². The summed E-state index contributed by atoms with van der Waals surface area (Å²) in [6, 6.07) is 8.12. The molecule has 3 amide bonds. The summed E-state index contributed by atoms with van der Waals surface area (Å²) in [5, 5.41) is 41.7. The molecule has 2 saturated heterocycles. The van der Waals surface area contributed by atoms with E-state index < -0.39 is 41.2 Å². The number of hydrogen-bond acceptors (Lipinski definition) is 10. The molecule has 2 fully saturated rings. The zero-order valence-electron chi connectivity index (χ0n) is 25.2. The summed E-state index contributed by atoms with van der Waals surface area (Å²) >= 11 is 0. The Morgan fingerprint density at radius 1 is 0.977 bits per heavy atom. The second-order valence-corrected chi connectivity index (χ2v) is 9.26. The summed E-state index contributed by atoms with van der Waals surface area (Å²) < 4.78 is 24.6. The third kappa shape index (κ3) is 7.74. The normalized spacial score (nSPS) is 20.3. The second-order valence-electron chi connectivity index (χ2n) is 9.26. The van der Waals surface area contributed by atoms with E-state index in [-0.39, 0.29) is 35.6 Å². The van der Waals surface area contributed by atoms with Gasteiger partial charge in [-0.05, 0) is 24.7 Å². The summed E-state index contributed by atoms with van der Waals surface area (Å²) in [5.41, 5.74) is 0.598. The number of likely N-dealkylation sites (N-methyl/N-ethyl adjacent to an activating group) is 1. The molecule has 238 valence electrons. The third-order valence-electron chi connectivity index (χ3n) is 6.85. The molecule has 0 saturated carbocycles. The number of halogens is 1. The van der Waals surface area contributed by atoms with E-state index in [0.717, 1.165) is 26.3 Å². The van der Waals surface area contributed by atoms with Crippen LogP contribution in [0.1, 0.15) is 56.1 Å². The molecule has 0 spiro atoms. The molecule has 5 rings (SSSR count). The van der Waals surface area contributed by atoms with Crippen molar-refractivity contribution in [3.05, 3.63) is 65.0 Å². The van der Waals surface area contributed by atoms with Crippen molar-refractivity contribution < 1.29 is 48.7 Å². The molecule has 3 heterocycles. The molecule has 0 aromatic heterocycles. The largest absolute Gasteiger partial charge is 0.488 e. The number of carbonyl (C=O) groups is 3. The van der Waals surface area contributed by atoms with Crippen LogP contribution < -0.4 is 10.1 Å². The summed E-state index contributed by atoms with van der Waals surface area (Å²) in [5.74, 6) is -11.6. The van der Waals surface area contributed by atoms with Crippen LogP contribution in [0.5, 0.6) is 5.75 Å². The number of fused-ring (bicyclic) bond motifs is 1. The van der Waals surface area contributed by atoms with Gasteiger partial charge in [0.25, 0.3) is 23.5 Å². The Bertz CT molecular complexity index is 1250. The average molecular weight is 608 g/mol. The summed E-state index contributed by atoms with van der Waals surface area (Å²) in [6.07, 6.45) is 0. The number of piperidine rings is 1. The number of ether oxygens (including phenoxy) is 2. The Hall–Kier alpha value is -3.46. The van der Waals surface area contributed by atoms with Crippen molar-refractivity contribution >= 4 is 17.7 Å². The summed E-state index contributed by atoms with van der Waals surface area (Å²) in [6.45, 7) is 14.9. The third-order valence-corrected chi connectivity index (χ3v) is 6.85. The first-order chi connectivity index (χ1) is 20.5. The number of aliphatic hydroxyl groups is 4. The number of carbonyl (C=O) groups excluding carboxylic acids is 3. The van der Waals surface area contributed by atoms with Crippen molar-refractivity contribution in [1.29, 1.82) is 0 Å². The Kier molecular flexibility index (Phi) is 13.2. The Balaban J connectivity index is 0.000000456. The number of nitrogens with zero attached hydrogens (tertiary/aromatic N) is 2. The van der Waals surface area contributed by atoms with Crippen LogP contribution in [0.15, 0.2) is 42.5 Å². The first-order valence-electron chi connectivity index (χ1n) is 14.3. The van der Waals surface area contributed by atoms with E-state index >= 15 is 0 Å². The molecule has 13 heteroatoms. The SMILES string of the molecule is CC.CC.CCN1CCOCC1.O=C1NC(=O)C(O)(O)C(O)(O)C1N1Cc2c(OCc3ccccc3F)cccc2C1=O. The van der Waals surface area contributed by atoms with Crippen LogP contribution in [-0.2, 0) is 27.5 Å². The van der Waals surface area contributed by atoms with E-state index in [0.29, 0.717) is 4.90 Å². The number of morpholine rings is 1. The topological polar surface area (TPSA) is 169 Å². The summed E-state index contributed by atoms with van der Waals surface area (Å²) in [4.78, 5) is 39.8. The fourth-order valence-electron chi connectivity index (χ4n) is 4.52. The molecule has 0 aliphatic carbocycles. The highest BCUT2D eigenvalue weighted by molar-refractivity contribution is 6.08. The number of rotatable bonds is 5. The Morgan fingerprint density at radius 2 is 1.60 bits per heavy atom. The highest BCUT2D eigenvalue weighted by Gasteiger charge is 2.67. The summed E-state index contributed by atoms with van der Waals surface area (Å²) in [7, 11) is 0.